The summed E-state index contributed by atoms with van der Waals surface area (Å²) in [5, 5.41) is 0. The maximum absolute atomic E-state index is 11.5. The van der Waals surface area contributed by atoms with Crippen molar-refractivity contribution in [1.82, 2.24) is 0 Å². The molecule has 0 unspecified atom stereocenters. The van der Waals surface area contributed by atoms with E-state index in [1.165, 1.54) is 12.3 Å². The Bertz CT molecular complexity index is 724. The van der Waals surface area contributed by atoms with Crippen molar-refractivity contribution in [1.29, 1.82) is 0 Å². The fraction of sp³-hybridized carbons (Fsp3) is 0.200. The maximum atomic E-state index is 11.5. The highest BCUT2D eigenvalue weighted by Crippen LogP contribution is 2.25. The SMILES string of the molecule is Cc1cc(Oc2cccc(S(C)(=O)=O)c2)ccc1CN. The minimum absolute atomic E-state index is 0.241. The minimum Gasteiger partial charge on any atom is -0.457 e. The first kappa shape index (κ1) is 14.6. The third kappa shape index (κ3) is 3.37. The van der Waals surface area contributed by atoms with Gasteiger partial charge in [-0.05, 0) is 48.4 Å². The Hall–Kier alpha value is -1.85. The normalized spacial score (nSPS) is 11.3. The van der Waals surface area contributed by atoms with Gasteiger partial charge in [0.25, 0.3) is 0 Å². The molecule has 106 valence electrons. The summed E-state index contributed by atoms with van der Waals surface area (Å²) < 4.78 is 28.7. The van der Waals surface area contributed by atoms with E-state index < -0.39 is 9.84 Å². The molecule has 4 nitrogen and oxygen atoms in total. The van der Waals surface area contributed by atoms with Gasteiger partial charge in [-0.2, -0.15) is 0 Å². The van der Waals surface area contributed by atoms with Crippen molar-refractivity contribution < 1.29 is 13.2 Å². The molecule has 0 heterocycles. The molecule has 0 saturated carbocycles. The van der Waals surface area contributed by atoms with Crippen molar-refractivity contribution in [2.75, 3.05) is 6.26 Å². The Kier molecular flexibility index (Phi) is 4.11. The van der Waals surface area contributed by atoms with E-state index in [1.807, 2.05) is 25.1 Å². The highest BCUT2D eigenvalue weighted by Gasteiger charge is 2.08. The number of rotatable bonds is 4. The van der Waals surface area contributed by atoms with Gasteiger partial charge in [0.05, 0.1) is 4.90 Å². The lowest BCUT2D eigenvalue weighted by Crippen LogP contribution is -1.99. The third-order valence-corrected chi connectivity index (χ3v) is 4.11. The van der Waals surface area contributed by atoms with Crippen LogP contribution in [0, 0.1) is 6.92 Å². The average molecular weight is 291 g/mol. The summed E-state index contributed by atoms with van der Waals surface area (Å²) in [6, 6.07) is 12.1. The van der Waals surface area contributed by atoms with Crippen LogP contribution in [0.25, 0.3) is 0 Å². The molecule has 0 saturated heterocycles. The predicted octanol–water partition coefficient (Wildman–Crippen LogP) is 2.65. The molecule has 2 rings (SSSR count). The topological polar surface area (TPSA) is 69.4 Å². The van der Waals surface area contributed by atoms with Gasteiger partial charge >= 0.3 is 0 Å². The van der Waals surface area contributed by atoms with E-state index in [-0.39, 0.29) is 4.90 Å². The van der Waals surface area contributed by atoms with Gasteiger partial charge in [0.1, 0.15) is 11.5 Å². The van der Waals surface area contributed by atoms with Gasteiger partial charge in [-0.15, -0.1) is 0 Å². The van der Waals surface area contributed by atoms with Crippen molar-refractivity contribution in [3.05, 3.63) is 53.6 Å². The van der Waals surface area contributed by atoms with Crippen molar-refractivity contribution in [2.45, 2.75) is 18.4 Å². The van der Waals surface area contributed by atoms with E-state index >= 15 is 0 Å². The van der Waals surface area contributed by atoms with Gasteiger partial charge in [-0.25, -0.2) is 8.42 Å². The zero-order chi connectivity index (χ0) is 14.8. The summed E-state index contributed by atoms with van der Waals surface area (Å²) in [7, 11) is -3.23. The number of hydrogen-bond acceptors (Lipinski definition) is 4. The Balaban J connectivity index is 2.29. The van der Waals surface area contributed by atoms with Crippen LogP contribution in [0.15, 0.2) is 47.4 Å². The summed E-state index contributed by atoms with van der Waals surface area (Å²) in [4.78, 5) is 0.241. The summed E-state index contributed by atoms with van der Waals surface area (Å²) in [6.07, 6.45) is 1.17. The summed E-state index contributed by atoms with van der Waals surface area (Å²) in [5.41, 5.74) is 7.72. The molecule has 0 aliphatic rings. The largest absolute Gasteiger partial charge is 0.457 e. The zero-order valence-electron chi connectivity index (χ0n) is 11.5. The highest BCUT2D eigenvalue weighted by atomic mass is 32.2. The molecule has 2 aromatic carbocycles. The maximum Gasteiger partial charge on any atom is 0.175 e. The molecule has 0 spiro atoms. The number of ether oxygens (including phenoxy) is 1. The van der Waals surface area contributed by atoms with Gasteiger partial charge in [-0.1, -0.05) is 12.1 Å². The lowest BCUT2D eigenvalue weighted by Gasteiger charge is -2.09. The molecule has 0 atom stereocenters. The lowest BCUT2D eigenvalue weighted by atomic mass is 10.1. The zero-order valence-corrected chi connectivity index (χ0v) is 12.3. The fourth-order valence-corrected chi connectivity index (χ4v) is 2.52. The molecule has 20 heavy (non-hydrogen) atoms. The average Bonchev–Trinajstić information content (AvgIpc) is 2.38. The molecule has 0 fully saturated rings. The Labute approximate surface area is 119 Å². The van der Waals surface area contributed by atoms with Crippen molar-refractivity contribution in [3.63, 3.8) is 0 Å². The molecular weight excluding hydrogens is 274 g/mol. The van der Waals surface area contributed by atoms with E-state index in [1.54, 1.807) is 18.2 Å². The third-order valence-electron chi connectivity index (χ3n) is 3.00. The molecule has 0 bridgehead atoms. The Morgan fingerprint density at radius 2 is 1.80 bits per heavy atom. The van der Waals surface area contributed by atoms with E-state index in [0.717, 1.165) is 11.1 Å². The molecule has 0 amide bonds. The van der Waals surface area contributed by atoms with Crippen molar-refractivity contribution in [3.8, 4) is 11.5 Å². The first-order chi connectivity index (χ1) is 9.40. The smallest absolute Gasteiger partial charge is 0.175 e. The highest BCUT2D eigenvalue weighted by molar-refractivity contribution is 7.90. The molecule has 0 aliphatic carbocycles. The summed E-state index contributed by atoms with van der Waals surface area (Å²) in [5.74, 6) is 1.15. The Morgan fingerprint density at radius 3 is 2.40 bits per heavy atom. The van der Waals surface area contributed by atoms with Crippen LogP contribution in [-0.2, 0) is 16.4 Å². The second-order valence-electron chi connectivity index (χ2n) is 4.64. The van der Waals surface area contributed by atoms with Crippen LogP contribution in [0.2, 0.25) is 0 Å². The van der Waals surface area contributed by atoms with E-state index in [2.05, 4.69) is 0 Å². The van der Waals surface area contributed by atoms with Crippen molar-refractivity contribution in [2.24, 2.45) is 5.73 Å². The number of nitrogens with two attached hydrogens (primary N) is 1. The monoisotopic (exact) mass is 291 g/mol. The number of sulfone groups is 1. The number of benzene rings is 2. The molecule has 2 N–H and O–H groups in total. The summed E-state index contributed by atoms with van der Waals surface area (Å²) in [6.45, 7) is 2.44. The van der Waals surface area contributed by atoms with Crippen LogP contribution in [-0.4, -0.2) is 14.7 Å². The van der Waals surface area contributed by atoms with Gasteiger partial charge in [-0.3, -0.25) is 0 Å². The van der Waals surface area contributed by atoms with Crippen LogP contribution in [0.1, 0.15) is 11.1 Å². The quantitative estimate of drug-likeness (QED) is 0.940. The second-order valence-corrected chi connectivity index (χ2v) is 6.66. The van der Waals surface area contributed by atoms with Gasteiger partial charge in [0.15, 0.2) is 9.84 Å². The standard InChI is InChI=1S/C15H17NO3S/c1-11-8-14(7-6-12(11)10-16)19-13-4-3-5-15(9-13)20(2,17)18/h3-9H,10,16H2,1-2H3. The first-order valence-corrected chi connectivity index (χ1v) is 8.07. The Morgan fingerprint density at radius 1 is 1.10 bits per heavy atom. The molecular formula is C15H17NO3S. The van der Waals surface area contributed by atoms with E-state index in [4.69, 9.17) is 10.5 Å². The molecule has 5 heteroatoms. The van der Waals surface area contributed by atoms with E-state index in [9.17, 15) is 8.42 Å². The fourth-order valence-electron chi connectivity index (χ4n) is 1.87. The van der Waals surface area contributed by atoms with Crippen LogP contribution in [0.3, 0.4) is 0 Å². The molecule has 0 aromatic heterocycles. The van der Waals surface area contributed by atoms with Crippen LogP contribution < -0.4 is 10.5 Å². The first-order valence-electron chi connectivity index (χ1n) is 6.18. The van der Waals surface area contributed by atoms with Gasteiger partial charge < -0.3 is 10.5 Å². The van der Waals surface area contributed by atoms with Crippen LogP contribution in [0.5, 0.6) is 11.5 Å². The molecule has 0 aliphatic heterocycles. The number of hydrogen-bond donors (Lipinski definition) is 1. The van der Waals surface area contributed by atoms with Crippen molar-refractivity contribution >= 4 is 9.84 Å². The minimum atomic E-state index is -3.23. The molecule has 2 aromatic rings. The van der Waals surface area contributed by atoms with Gasteiger partial charge in [0, 0.05) is 12.8 Å². The number of aryl methyl sites for hydroxylation is 1. The van der Waals surface area contributed by atoms with Crippen LogP contribution >= 0.6 is 0 Å². The summed E-state index contributed by atoms with van der Waals surface area (Å²) >= 11 is 0. The lowest BCUT2D eigenvalue weighted by molar-refractivity contribution is 0.480. The predicted molar refractivity (Wildman–Crippen MR) is 78.7 cm³/mol. The molecule has 0 radical (unpaired) electrons. The van der Waals surface area contributed by atoms with E-state index in [0.29, 0.717) is 18.0 Å². The second kappa shape index (κ2) is 5.64. The van der Waals surface area contributed by atoms with Gasteiger partial charge in [0.2, 0.25) is 0 Å². The van der Waals surface area contributed by atoms with Crippen LogP contribution in [0.4, 0.5) is 0 Å².